The maximum absolute atomic E-state index is 12.8. The van der Waals surface area contributed by atoms with E-state index >= 15 is 0 Å². The largest absolute Gasteiger partial charge is 0.478 e. The van der Waals surface area contributed by atoms with Gasteiger partial charge in [-0.25, -0.2) is 4.79 Å². The van der Waals surface area contributed by atoms with Crippen molar-refractivity contribution in [3.63, 3.8) is 0 Å². The number of halogens is 5. The van der Waals surface area contributed by atoms with Crippen molar-refractivity contribution >= 4 is 17.6 Å². The Kier molecular flexibility index (Phi) is 4.40. The van der Waals surface area contributed by atoms with Crippen molar-refractivity contribution in [1.29, 1.82) is 0 Å². The van der Waals surface area contributed by atoms with Gasteiger partial charge in [0.25, 0.3) is 5.91 Å². The molecule has 1 aromatic rings. The molecule has 0 unspecified atom stereocenters. The van der Waals surface area contributed by atoms with E-state index in [1.807, 2.05) is 0 Å². The van der Waals surface area contributed by atoms with Crippen LogP contribution >= 0.6 is 0 Å². The number of rotatable bonds is 5. The summed E-state index contributed by atoms with van der Waals surface area (Å²) in [4.78, 5) is 22.1. The van der Waals surface area contributed by atoms with E-state index in [-0.39, 0.29) is 0 Å². The van der Waals surface area contributed by atoms with E-state index in [1.54, 1.807) is 5.32 Å². The third-order valence-corrected chi connectivity index (χ3v) is 2.46. The number of alkyl halides is 5. The van der Waals surface area contributed by atoms with Crippen molar-refractivity contribution < 1.29 is 36.6 Å². The van der Waals surface area contributed by atoms with Crippen molar-refractivity contribution in [3.05, 3.63) is 29.3 Å². The molecule has 10 heteroatoms. The molecular formula is C11H9F5N2O3. The average Bonchev–Trinajstić information content (AvgIpc) is 2.34. The predicted octanol–water partition coefficient (Wildman–Crippen LogP) is 2.09. The molecule has 0 aliphatic rings. The van der Waals surface area contributed by atoms with Crippen molar-refractivity contribution in [2.24, 2.45) is 5.73 Å². The highest BCUT2D eigenvalue weighted by Gasteiger charge is 2.57. The number of carbonyl (C=O) groups excluding carboxylic acids is 1. The number of nitrogens with two attached hydrogens (primary N) is 1. The predicted molar refractivity (Wildman–Crippen MR) is 61.4 cm³/mol. The Morgan fingerprint density at radius 1 is 1.19 bits per heavy atom. The van der Waals surface area contributed by atoms with E-state index in [0.29, 0.717) is 0 Å². The van der Waals surface area contributed by atoms with Crippen LogP contribution in [0.1, 0.15) is 20.7 Å². The van der Waals surface area contributed by atoms with Gasteiger partial charge in [-0.2, -0.15) is 22.0 Å². The Bertz CT molecular complexity index is 571. The molecule has 0 fully saturated rings. The molecule has 0 bridgehead atoms. The van der Waals surface area contributed by atoms with Gasteiger partial charge < -0.3 is 16.2 Å². The molecule has 21 heavy (non-hydrogen) atoms. The fourth-order valence-corrected chi connectivity index (χ4v) is 1.45. The quantitative estimate of drug-likeness (QED) is 0.726. The molecule has 1 rings (SSSR count). The molecule has 0 heterocycles. The highest BCUT2D eigenvalue weighted by Crippen LogP contribution is 2.35. The van der Waals surface area contributed by atoms with Gasteiger partial charge in [0.05, 0.1) is 17.7 Å². The molecule has 0 spiro atoms. The molecule has 0 aliphatic carbocycles. The minimum atomic E-state index is -5.78. The lowest BCUT2D eigenvalue weighted by Gasteiger charge is -2.21. The Morgan fingerprint density at radius 3 is 2.19 bits per heavy atom. The Labute approximate surface area is 114 Å². The number of nitrogens with one attached hydrogen (secondary N) is 1. The molecule has 4 N–H and O–H groups in total. The van der Waals surface area contributed by atoms with E-state index in [1.165, 1.54) is 0 Å². The lowest BCUT2D eigenvalue weighted by Crippen LogP contribution is -2.42. The van der Waals surface area contributed by atoms with Crippen LogP contribution in [-0.2, 0) is 0 Å². The fraction of sp³-hybridized carbons (Fsp3) is 0.273. The summed E-state index contributed by atoms with van der Waals surface area (Å²) in [6.45, 7) is -1.86. The number of carboxylic acid groups (broad SMARTS) is 1. The number of hydrogen-bond acceptors (Lipinski definition) is 3. The monoisotopic (exact) mass is 312 g/mol. The SMILES string of the molecule is NC(=O)c1c(NCC(F)(F)C(F)(F)F)cccc1C(=O)O. The second-order valence-electron chi connectivity index (χ2n) is 3.95. The minimum absolute atomic E-state index is 0.522. The maximum Gasteiger partial charge on any atom is 0.455 e. The van der Waals surface area contributed by atoms with Gasteiger partial charge in [0.1, 0.15) is 0 Å². The van der Waals surface area contributed by atoms with Crippen molar-refractivity contribution in [2.45, 2.75) is 12.1 Å². The number of carbonyl (C=O) groups is 2. The summed E-state index contributed by atoms with van der Waals surface area (Å²) in [5.41, 5.74) is 3.12. The summed E-state index contributed by atoms with van der Waals surface area (Å²) in [5, 5.41) is 10.5. The molecule has 1 amide bonds. The van der Waals surface area contributed by atoms with Gasteiger partial charge in [0.15, 0.2) is 0 Å². The Hall–Kier alpha value is -2.39. The lowest BCUT2D eigenvalue weighted by molar-refractivity contribution is -0.275. The smallest absolute Gasteiger partial charge is 0.455 e. The van der Waals surface area contributed by atoms with Crippen LogP contribution in [0.25, 0.3) is 0 Å². The first-order valence-corrected chi connectivity index (χ1v) is 5.32. The lowest BCUT2D eigenvalue weighted by atomic mass is 10.0. The molecule has 1 aromatic carbocycles. The first-order valence-electron chi connectivity index (χ1n) is 5.32. The van der Waals surface area contributed by atoms with E-state index in [2.05, 4.69) is 0 Å². The van der Waals surface area contributed by atoms with Crippen LogP contribution in [0.2, 0.25) is 0 Å². The Morgan fingerprint density at radius 2 is 1.76 bits per heavy atom. The summed E-state index contributed by atoms with van der Waals surface area (Å²) >= 11 is 0. The highest BCUT2D eigenvalue weighted by atomic mass is 19.4. The van der Waals surface area contributed by atoms with Crippen LogP contribution in [0.4, 0.5) is 27.6 Å². The van der Waals surface area contributed by atoms with E-state index in [0.717, 1.165) is 18.2 Å². The topological polar surface area (TPSA) is 92.4 Å². The number of benzene rings is 1. The van der Waals surface area contributed by atoms with Gasteiger partial charge in [0, 0.05) is 5.69 Å². The average molecular weight is 312 g/mol. The second-order valence-corrected chi connectivity index (χ2v) is 3.95. The zero-order chi connectivity index (χ0) is 16.4. The standard InChI is InChI=1S/C11H9F5N2O3/c12-10(13,11(14,15)16)4-18-6-3-1-2-5(9(20)21)7(6)8(17)19/h1-3,18H,4H2,(H2,17,19)(H,20,21). The summed E-state index contributed by atoms with van der Waals surface area (Å²) in [6, 6.07) is 3.01. The van der Waals surface area contributed by atoms with E-state index in [4.69, 9.17) is 10.8 Å². The van der Waals surface area contributed by atoms with Gasteiger partial charge in [-0.05, 0) is 12.1 Å². The number of anilines is 1. The molecule has 0 saturated carbocycles. The van der Waals surface area contributed by atoms with Crippen molar-refractivity contribution in [1.82, 2.24) is 0 Å². The summed E-state index contributed by atoms with van der Waals surface area (Å²) < 4.78 is 61.7. The first kappa shape index (κ1) is 16.7. The number of aromatic carboxylic acids is 1. The second kappa shape index (κ2) is 5.54. The van der Waals surface area contributed by atoms with Crippen molar-refractivity contribution in [3.8, 4) is 0 Å². The van der Waals surface area contributed by atoms with Crippen LogP contribution in [0.3, 0.4) is 0 Å². The minimum Gasteiger partial charge on any atom is -0.478 e. The molecule has 0 atom stereocenters. The zero-order valence-corrected chi connectivity index (χ0v) is 10.2. The van der Waals surface area contributed by atoms with Crippen LogP contribution in [0.5, 0.6) is 0 Å². The van der Waals surface area contributed by atoms with Crippen LogP contribution in [0, 0.1) is 0 Å². The van der Waals surface area contributed by atoms with Crippen LogP contribution < -0.4 is 11.1 Å². The summed E-state index contributed by atoms with van der Waals surface area (Å²) in [6.07, 6.45) is -5.78. The number of hydrogen-bond donors (Lipinski definition) is 3. The third kappa shape index (κ3) is 3.58. The molecular weight excluding hydrogens is 303 g/mol. The fourth-order valence-electron chi connectivity index (χ4n) is 1.45. The number of primary amides is 1. The zero-order valence-electron chi connectivity index (χ0n) is 10.2. The molecule has 0 aliphatic heterocycles. The van der Waals surface area contributed by atoms with Crippen molar-refractivity contribution in [2.75, 3.05) is 11.9 Å². The van der Waals surface area contributed by atoms with Gasteiger partial charge in [-0.1, -0.05) is 6.07 Å². The van der Waals surface area contributed by atoms with Crippen LogP contribution in [-0.4, -0.2) is 35.6 Å². The number of carboxylic acids is 1. The summed E-state index contributed by atoms with van der Waals surface area (Å²) in [7, 11) is 0. The summed E-state index contributed by atoms with van der Waals surface area (Å²) in [5.74, 6) is -7.90. The molecule has 0 saturated heterocycles. The third-order valence-electron chi connectivity index (χ3n) is 2.46. The molecule has 0 aromatic heterocycles. The van der Waals surface area contributed by atoms with Gasteiger partial charge in [-0.3, -0.25) is 4.79 Å². The molecule has 116 valence electrons. The maximum atomic E-state index is 12.8. The van der Waals surface area contributed by atoms with Gasteiger partial charge >= 0.3 is 18.1 Å². The molecule has 5 nitrogen and oxygen atoms in total. The van der Waals surface area contributed by atoms with E-state index in [9.17, 15) is 31.5 Å². The highest BCUT2D eigenvalue weighted by molar-refractivity contribution is 6.08. The van der Waals surface area contributed by atoms with Gasteiger partial charge in [-0.15, -0.1) is 0 Å². The number of amides is 1. The van der Waals surface area contributed by atoms with E-state index < -0.39 is 47.3 Å². The van der Waals surface area contributed by atoms with Gasteiger partial charge in [0.2, 0.25) is 0 Å². The van der Waals surface area contributed by atoms with Crippen LogP contribution in [0.15, 0.2) is 18.2 Å². The molecule has 0 radical (unpaired) electrons. The normalized spacial score (nSPS) is 12.0. The Balaban J connectivity index is 3.13. The first-order chi connectivity index (χ1) is 9.47.